The Morgan fingerprint density at radius 2 is 1.88 bits per heavy atom. The van der Waals surface area contributed by atoms with E-state index in [0.717, 1.165) is 56.2 Å². The maximum atomic E-state index is 6.04. The molecule has 0 saturated carbocycles. The van der Waals surface area contributed by atoms with Crippen molar-refractivity contribution in [2.75, 3.05) is 39.4 Å². The van der Waals surface area contributed by atoms with Crippen molar-refractivity contribution >= 4 is 15.9 Å². The molecule has 1 heterocycles. The lowest BCUT2D eigenvalue weighted by Crippen LogP contribution is -2.40. The minimum atomic E-state index is 0.587. The van der Waals surface area contributed by atoms with Gasteiger partial charge in [-0.15, -0.1) is 0 Å². The first-order valence-electron chi connectivity index (χ1n) is 8.77. The second-order valence-corrected chi connectivity index (χ2v) is 7.07. The standard InChI is InChI=1S/C20H25BrN2O2/c21-19-6-7-20(25-16-17-4-2-1-3-5-17)18(14-19)15-22-8-9-23-10-12-24-13-11-23/h1-7,14,22H,8-13,15-16H2. The van der Waals surface area contributed by atoms with E-state index in [9.17, 15) is 0 Å². The number of rotatable bonds is 8. The molecule has 0 aliphatic carbocycles. The molecular formula is C20H25BrN2O2. The van der Waals surface area contributed by atoms with Crippen molar-refractivity contribution in [3.05, 3.63) is 64.1 Å². The van der Waals surface area contributed by atoms with Crippen molar-refractivity contribution in [1.29, 1.82) is 0 Å². The molecule has 0 bridgehead atoms. The number of benzene rings is 2. The first kappa shape index (κ1) is 18.4. The molecule has 0 atom stereocenters. The summed E-state index contributed by atoms with van der Waals surface area (Å²) in [5.41, 5.74) is 2.35. The molecular weight excluding hydrogens is 380 g/mol. The Bertz CT molecular complexity index is 645. The van der Waals surface area contributed by atoms with E-state index >= 15 is 0 Å². The molecule has 2 aromatic rings. The number of halogens is 1. The van der Waals surface area contributed by atoms with Gasteiger partial charge in [-0.25, -0.2) is 0 Å². The van der Waals surface area contributed by atoms with Crippen molar-refractivity contribution in [1.82, 2.24) is 10.2 Å². The van der Waals surface area contributed by atoms with E-state index in [1.165, 1.54) is 11.1 Å². The van der Waals surface area contributed by atoms with Crippen LogP contribution in [0.4, 0.5) is 0 Å². The Labute approximate surface area is 158 Å². The quantitative estimate of drug-likeness (QED) is 0.683. The number of nitrogens with zero attached hydrogens (tertiary/aromatic N) is 1. The molecule has 0 amide bonds. The molecule has 1 saturated heterocycles. The summed E-state index contributed by atoms with van der Waals surface area (Å²) >= 11 is 3.56. The SMILES string of the molecule is Brc1ccc(OCc2ccccc2)c(CNCCN2CCOCC2)c1. The second-order valence-electron chi connectivity index (χ2n) is 6.16. The number of nitrogens with one attached hydrogen (secondary N) is 1. The highest BCUT2D eigenvalue weighted by Crippen LogP contribution is 2.24. The monoisotopic (exact) mass is 404 g/mol. The minimum absolute atomic E-state index is 0.587. The van der Waals surface area contributed by atoms with Gasteiger partial charge in [-0.3, -0.25) is 4.90 Å². The van der Waals surface area contributed by atoms with Crippen LogP contribution in [0.25, 0.3) is 0 Å². The molecule has 3 rings (SSSR count). The van der Waals surface area contributed by atoms with Gasteiger partial charge >= 0.3 is 0 Å². The predicted octanol–water partition coefficient (Wildman–Crippen LogP) is 3.45. The fourth-order valence-corrected chi connectivity index (χ4v) is 3.26. The molecule has 0 radical (unpaired) electrons. The second kappa shape index (κ2) is 9.92. The van der Waals surface area contributed by atoms with E-state index in [4.69, 9.17) is 9.47 Å². The average Bonchev–Trinajstić information content (AvgIpc) is 2.66. The summed E-state index contributed by atoms with van der Waals surface area (Å²) in [6.45, 7) is 7.17. The first-order chi connectivity index (χ1) is 12.3. The van der Waals surface area contributed by atoms with Gasteiger partial charge in [-0.1, -0.05) is 46.3 Å². The zero-order chi connectivity index (χ0) is 17.3. The molecule has 5 heteroatoms. The largest absolute Gasteiger partial charge is 0.489 e. The maximum absolute atomic E-state index is 6.04. The van der Waals surface area contributed by atoms with Gasteiger partial charge in [0.25, 0.3) is 0 Å². The van der Waals surface area contributed by atoms with Gasteiger partial charge in [-0.05, 0) is 23.8 Å². The van der Waals surface area contributed by atoms with Crippen molar-refractivity contribution in [2.45, 2.75) is 13.2 Å². The topological polar surface area (TPSA) is 33.7 Å². The van der Waals surface area contributed by atoms with Gasteiger partial charge in [-0.2, -0.15) is 0 Å². The molecule has 1 aliphatic heterocycles. The van der Waals surface area contributed by atoms with Gasteiger partial charge in [0.1, 0.15) is 12.4 Å². The third-order valence-electron chi connectivity index (χ3n) is 4.28. The van der Waals surface area contributed by atoms with E-state index in [1.807, 2.05) is 30.3 Å². The first-order valence-corrected chi connectivity index (χ1v) is 9.56. The zero-order valence-corrected chi connectivity index (χ0v) is 16.0. The van der Waals surface area contributed by atoms with Gasteiger partial charge in [0.15, 0.2) is 0 Å². The van der Waals surface area contributed by atoms with E-state index in [-0.39, 0.29) is 0 Å². The molecule has 2 aromatic carbocycles. The molecule has 0 unspecified atom stereocenters. The van der Waals surface area contributed by atoms with Crippen LogP contribution in [0.15, 0.2) is 53.0 Å². The maximum Gasteiger partial charge on any atom is 0.124 e. The van der Waals surface area contributed by atoms with E-state index in [1.54, 1.807) is 0 Å². The minimum Gasteiger partial charge on any atom is -0.489 e. The predicted molar refractivity (Wildman–Crippen MR) is 104 cm³/mol. The molecule has 1 fully saturated rings. The lowest BCUT2D eigenvalue weighted by molar-refractivity contribution is 0.0384. The summed E-state index contributed by atoms with van der Waals surface area (Å²) in [5, 5.41) is 3.53. The lowest BCUT2D eigenvalue weighted by Gasteiger charge is -2.26. The van der Waals surface area contributed by atoms with Crippen LogP contribution in [-0.2, 0) is 17.9 Å². The Hall–Kier alpha value is -1.40. The van der Waals surface area contributed by atoms with Crippen LogP contribution in [0.1, 0.15) is 11.1 Å². The fourth-order valence-electron chi connectivity index (χ4n) is 2.85. The Kier molecular flexibility index (Phi) is 7.30. The number of morpholine rings is 1. The Morgan fingerprint density at radius 1 is 1.08 bits per heavy atom. The third kappa shape index (κ3) is 6.12. The highest BCUT2D eigenvalue weighted by Gasteiger charge is 2.10. The Morgan fingerprint density at radius 3 is 2.68 bits per heavy atom. The summed E-state index contributed by atoms with van der Waals surface area (Å²) in [6.07, 6.45) is 0. The normalized spacial score (nSPS) is 15.2. The van der Waals surface area contributed by atoms with Crippen LogP contribution >= 0.6 is 15.9 Å². The van der Waals surface area contributed by atoms with Crippen LogP contribution in [0, 0.1) is 0 Å². The van der Waals surface area contributed by atoms with Crippen LogP contribution in [0.3, 0.4) is 0 Å². The van der Waals surface area contributed by atoms with Crippen LogP contribution in [0.5, 0.6) is 5.75 Å². The van der Waals surface area contributed by atoms with Gasteiger partial charge in [0.05, 0.1) is 13.2 Å². The number of ether oxygens (including phenoxy) is 2. The molecule has 25 heavy (non-hydrogen) atoms. The molecule has 134 valence electrons. The van der Waals surface area contributed by atoms with E-state index in [2.05, 4.69) is 44.3 Å². The van der Waals surface area contributed by atoms with Crippen molar-refractivity contribution in [3.63, 3.8) is 0 Å². The highest BCUT2D eigenvalue weighted by molar-refractivity contribution is 9.10. The number of hydrogen-bond donors (Lipinski definition) is 1. The van der Waals surface area contributed by atoms with Crippen molar-refractivity contribution in [3.8, 4) is 5.75 Å². The third-order valence-corrected chi connectivity index (χ3v) is 4.78. The van der Waals surface area contributed by atoms with E-state index < -0.39 is 0 Å². The average molecular weight is 405 g/mol. The van der Waals surface area contributed by atoms with Gasteiger partial charge < -0.3 is 14.8 Å². The molecule has 0 aromatic heterocycles. The lowest BCUT2D eigenvalue weighted by atomic mass is 10.2. The van der Waals surface area contributed by atoms with Gasteiger partial charge in [0, 0.05) is 42.8 Å². The van der Waals surface area contributed by atoms with Crippen LogP contribution in [-0.4, -0.2) is 44.3 Å². The summed E-state index contributed by atoms with van der Waals surface area (Å²) < 4.78 is 12.5. The summed E-state index contributed by atoms with van der Waals surface area (Å²) in [4.78, 5) is 2.43. The molecule has 1 N–H and O–H groups in total. The van der Waals surface area contributed by atoms with Crippen LogP contribution < -0.4 is 10.1 Å². The van der Waals surface area contributed by atoms with E-state index in [0.29, 0.717) is 6.61 Å². The summed E-state index contributed by atoms with van der Waals surface area (Å²) in [6, 6.07) is 16.4. The molecule has 0 spiro atoms. The van der Waals surface area contributed by atoms with Crippen molar-refractivity contribution in [2.24, 2.45) is 0 Å². The molecule has 1 aliphatic rings. The smallest absolute Gasteiger partial charge is 0.124 e. The summed E-state index contributed by atoms with van der Waals surface area (Å²) in [5.74, 6) is 0.936. The fraction of sp³-hybridized carbons (Fsp3) is 0.400. The van der Waals surface area contributed by atoms with Crippen molar-refractivity contribution < 1.29 is 9.47 Å². The Balaban J connectivity index is 1.50. The number of hydrogen-bond acceptors (Lipinski definition) is 4. The highest BCUT2D eigenvalue weighted by atomic mass is 79.9. The zero-order valence-electron chi connectivity index (χ0n) is 14.4. The molecule has 4 nitrogen and oxygen atoms in total. The van der Waals surface area contributed by atoms with Crippen LogP contribution in [0.2, 0.25) is 0 Å². The summed E-state index contributed by atoms with van der Waals surface area (Å²) in [7, 11) is 0. The van der Waals surface area contributed by atoms with Gasteiger partial charge in [0.2, 0.25) is 0 Å².